The highest BCUT2D eigenvalue weighted by atomic mass is 35.5. The molecule has 4 aromatic heterocycles. The Labute approximate surface area is 258 Å². The van der Waals surface area contributed by atoms with Gasteiger partial charge in [0.2, 0.25) is 5.88 Å². The molecular formula is C32H24ClF2N3O5S. The zero-order valence-electron chi connectivity index (χ0n) is 23.3. The molecule has 0 N–H and O–H groups in total. The summed E-state index contributed by atoms with van der Waals surface area (Å²) < 4.78 is 52.8. The molecule has 5 heterocycles. The Balaban J connectivity index is 1.11. The van der Waals surface area contributed by atoms with Crippen molar-refractivity contribution in [2.45, 2.75) is 32.1 Å². The van der Waals surface area contributed by atoms with Gasteiger partial charge in [0.1, 0.15) is 33.5 Å². The molecule has 1 atom stereocenters. The van der Waals surface area contributed by atoms with Crippen molar-refractivity contribution in [2.75, 3.05) is 13.7 Å². The lowest BCUT2D eigenvalue weighted by molar-refractivity contribution is -0.0589. The highest BCUT2D eigenvalue weighted by molar-refractivity contribution is 7.20. The van der Waals surface area contributed by atoms with E-state index < -0.39 is 17.8 Å². The van der Waals surface area contributed by atoms with Crippen molar-refractivity contribution < 1.29 is 32.2 Å². The number of pyridine rings is 1. The summed E-state index contributed by atoms with van der Waals surface area (Å²) in [6.07, 6.45) is 1.23. The largest absolute Gasteiger partial charge is 0.473 e. The van der Waals surface area contributed by atoms with Crippen molar-refractivity contribution in [2.24, 2.45) is 0 Å². The zero-order valence-corrected chi connectivity index (χ0v) is 24.9. The van der Waals surface area contributed by atoms with Crippen LogP contribution >= 0.6 is 22.9 Å². The highest BCUT2D eigenvalue weighted by Crippen LogP contribution is 2.32. The van der Waals surface area contributed by atoms with Gasteiger partial charge in [-0.25, -0.2) is 19.2 Å². The molecule has 0 aliphatic carbocycles. The highest BCUT2D eigenvalue weighted by Gasteiger charge is 2.24. The van der Waals surface area contributed by atoms with E-state index in [0.29, 0.717) is 72.9 Å². The number of hydrogen-bond acceptors (Lipinski definition) is 8. The Morgan fingerprint density at radius 1 is 1.11 bits per heavy atom. The first-order valence-corrected chi connectivity index (χ1v) is 15.0. The maximum Gasteiger partial charge on any atom is 0.348 e. The minimum absolute atomic E-state index is 0.0476. The van der Waals surface area contributed by atoms with Gasteiger partial charge in [-0.1, -0.05) is 35.9 Å². The molecule has 1 unspecified atom stereocenters. The summed E-state index contributed by atoms with van der Waals surface area (Å²) in [5, 5.41) is 0.845. The number of aromatic nitrogens is 3. The molecule has 1 fully saturated rings. The molecule has 2 aromatic carbocycles. The normalized spacial score (nSPS) is 14.7. The summed E-state index contributed by atoms with van der Waals surface area (Å²) in [5.74, 6) is 0.188. The van der Waals surface area contributed by atoms with Crippen LogP contribution in [-0.2, 0) is 29.0 Å². The second-order valence-corrected chi connectivity index (χ2v) is 11.8. The summed E-state index contributed by atoms with van der Waals surface area (Å²) in [4.78, 5) is 22.5. The van der Waals surface area contributed by atoms with Crippen LogP contribution in [0.5, 0.6) is 5.88 Å². The van der Waals surface area contributed by atoms with Crippen LogP contribution in [-0.4, -0.2) is 40.3 Å². The van der Waals surface area contributed by atoms with Crippen LogP contribution in [0.15, 0.2) is 65.1 Å². The maximum atomic E-state index is 15.5. The summed E-state index contributed by atoms with van der Waals surface area (Å²) in [5.41, 5.74) is 3.30. The predicted octanol–water partition coefficient (Wildman–Crippen LogP) is 7.58. The van der Waals surface area contributed by atoms with Crippen LogP contribution in [0.1, 0.15) is 33.0 Å². The van der Waals surface area contributed by atoms with Crippen LogP contribution in [0.3, 0.4) is 0 Å². The number of carbonyl (C=O) groups is 1. The molecule has 224 valence electrons. The number of esters is 1. The SMILES string of the molecule is COC(=O)c1cc2c(nc(Cc3ccc(-c4cccc(OCc5ccc(Cl)c6cc(F)oc56)n4)cc3F)n2CC2CCO2)s1. The van der Waals surface area contributed by atoms with Crippen molar-refractivity contribution in [3.8, 4) is 17.1 Å². The smallest absolute Gasteiger partial charge is 0.348 e. The lowest BCUT2D eigenvalue weighted by atomic mass is 10.1. The average Bonchev–Trinajstić information content (AvgIpc) is 3.68. The third-order valence-electron chi connectivity index (χ3n) is 7.57. The first-order chi connectivity index (χ1) is 21.4. The molecule has 0 radical (unpaired) electrons. The molecule has 12 heteroatoms. The Kier molecular flexibility index (Phi) is 7.53. The number of benzene rings is 2. The number of hydrogen-bond donors (Lipinski definition) is 0. The minimum Gasteiger partial charge on any atom is -0.473 e. The quantitative estimate of drug-likeness (QED) is 0.151. The monoisotopic (exact) mass is 635 g/mol. The summed E-state index contributed by atoms with van der Waals surface area (Å²) in [6.45, 7) is 1.34. The molecule has 0 saturated carbocycles. The van der Waals surface area contributed by atoms with Crippen molar-refractivity contribution in [1.29, 1.82) is 0 Å². The lowest BCUT2D eigenvalue weighted by Gasteiger charge is -2.27. The number of imidazole rings is 1. The first-order valence-electron chi connectivity index (χ1n) is 13.8. The molecule has 8 nitrogen and oxygen atoms in total. The number of nitrogens with zero attached hydrogens (tertiary/aromatic N) is 3. The van der Waals surface area contributed by atoms with Crippen molar-refractivity contribution in [1.82, 2.24) is 14.5 Å². The van der Waals surface area contributed by atoms with Crippen LogP contribution in [0.4, 0.5) is 8.78 Å². The summed E-state index contributed by atoms with van der Waals surface area (Å²) in [7, 11) is 1.34. The van der Waals surface area contributed by atoms with Crippen LogP contribution < -0.4 is 4.74 Å². The third-order valence-corrected chi connectivity index (χ3v) is 8.90. The Hall–Kier alpha value is -4.32. The van der Waals surface area contributed by atoms with Crippen LogP contribution in [0.2, 0.25) is 5.02 Å². The number of fused-ring (bicyclic) bond motifs is 2. The average molecular weight is 636 g/mol. The van der Waals surface area contributed by atoms with E-state index in [4.69, 9.17) is 35.2 Å². The molecule has 1 aliphatic rings. The van der Waals surface area contributed by atoms with Gasteiger partial charge >= 0.3 is 5.97 Å². The number of carbonyl (C=O) groups excluding carboxylic acids is 1. The Morgan fingerprint density at radius 2 is 1.95 bits per heavy atom. The Bertz CT molecular complexity index is 2030. The summed E-state index contributed by atoms with van der Waals surface area (Å²) >= 11 is 7.40. The number of ether oxygens (including phenoxy) is 3. The van der Waals surface area contributed by atoms with Crippen molar-refractivity contribution in [3.63, 3.8) is 0 Å². The fraction of sp³-hybridized carbons (Fsp3) is 0.219. The van der Waals surface area contributed by atoms with Crippen molar-refractivity contribution >= 4 is 50.2 Å². The number of halogens is 3. The number of thiophene rings is 1. The molecular weight excluding hydrogens is 612 g/mol. The predicted molar refractivity (Wildman–Crippen MR) is 161 cm³/mol. The molecule has 0 bridgehead atoms. The van der Waals surface area contributed by atoms with Gasteiger partial charge in [0, 0.05) is 41.7 Å². The van der Waals surface area contributed by atoms with Crippen molar-refractivity contribution in [3.05, 3.63) is 99.3 Å². The van der Waals surface area contributed by atoms with E-state index in [1.807, 2.05) is 4.57 Å². The number of furan rings is 1. The molecule has 6 aromatic rings. The molecule has 0 amide bonds. The number of rotatable bonds is 9. The Morgan fingerprint density at radius 3 is 2.73 bits per heavy atom. The van der Waals surface area contributed by atoms with Gasteiger partial charge in [-0.2, -0.15) is 4.39 Å². The standard InChI is InChI=1S/C32H24ClF2N3O5S/c1-40-32(39)26-14-25-31(44-26)37-28(38(25)15-20-9-10-41-20)12-17-5-6-18(11-23(17)34)24-3-2-4-29(36-24)42-16-19-7-8-22(33)21-13-27(35)43-30(19)21/h2-8,11,13-14,20H,9-10,12,15-16H2,1H3. The van der Waals surface area contributed by atoms with Gasteiger partial charge < -0.3 is 23.2 Å². The van der Waals surface area contributed by atoms with E-state index >= 15 is 4.39 Å². The molecule has 1 saturated heterocycles. The maximum absolute atomic E-state index is 15.5. The van der Waals surface area contributed by atoms with E-state index in [0.717, 1.165) is 11.9 Å². The van der Waals surface area contributed by atoms with Gasteiger partial charge in [-0.3, -0.25) is 0 Å². The first kappa shape index (κ1) is 28.5. The fourth-order valence-electron chi connectivity index (χ4n) is 5.19. The van der Waals surface area contributed by atoms with E-state index in [2.05, 4.69) is 4.98 Å². The molecule has 1 aliphatic heterocycles. The van der Waals surface area contributed by atoms with Crippen LogP contribution in [0.25, 0.3) is 32.6 Å². The topological polar surface area (TPSA) is 88.6 Å². The zero-order chi connectivity index (χ0) is 30.4. The minimum atomic E-state index is -0.733. The van der Waals surface area contributed by atoms with Gasteiger partial charge in [-0.05, 0) is 36.2 Å². The second-order valence-electron chi connectivity index (χ2n) is 10.3. The van der Waals surface area contributed by atoms with E-state index in [1.165, 1.54) is 30.6 Å². The van der Waals surface area contributed by atoms with Gasteiger partial charge in [0.15, 0.2) is 0 Å². The van der Waals surface area contributed by atoms with Gasteiger partial charge in [0.05, 0.1) is 36.0 Å². The number of methoxy groups -OCH3 is 1. The van der Waals surface area contributed by atoms with E-state index in [1.54, 1.807) is 48.5 Å². The van der Waals surface area contributed by atoms with Gasteiger partial charge in [-0.15, -0.1) is 11.3 Å². The van der Waals surface area contributed by atoms with Gasteiger partial charge in [0.25, 0.3) is 6.01 Å². The lowest BCUT2D eigenvalue weighted by Crippen LogP contribution is -2.31. The fourth-order valence-corrected chi connectivity index (χ4v) is 6.37. The molecule has 7 rings (SSSR count). The van der Waals surface area contributed by atoms with E-state index in [9.17, 15) is 9.18 Å². The molecule has 0 spiro atoms. The third kappa shape index (κ3) is 5.42. The van der Waals surface area contributed by atoms with Crippen LogP contribution in [0, 0.1) is 11.8 Å². The molecule has 44 heavy (non-hydrogen) atoms. The second kappa shape index (κ2) is 11.6. The van der Waals surface area contributed by atoms with E-state index in [-0.39, 0.29) is 19.1 Å². The summed E-state index contributed by atoms with van der Waals surface area (Å²) in [6, 6.07) is 15.8.